The predicted molar refractivity (Wildman–Crippen MR) is 74.1 cm³/mol. The molecule has 2 rings (SSSR count). The van der Waals surface area contributed by atoms with Gasteiger partial charge in [0.15, 0.2) is 5.60 Å². The smallest absolute Gasteiger partial charge is 0.416 e. The van der Waals surface area contributed by atoms with E-state index in [2.05, 4.69) is 0 Å². The van der Waals surface area contributed by atoms with Crippen molar-refractivity contribution in [2.24, 2.45) is 0 Å². The van der Waals surface area contributed by atoms with Crippen molar-refractivity contribution in [1.82, 2.24) is 0 Å². The van der Waals surface area contributed by atoms with E-state index < -0.39 is 23.3 Å². The molecule has 1 unspecified atom stereocenters. The van der Waals surface area contributed by atoms with Gasteiger partial charge in [-0.2, -0.15) is 13.2 Å². The average Bonchev–Trinajstić information content (AvgIpc) is 2.46. The third-order valence-corrected chi connectivity index (χ3v) is 3.41. The van der Waals surface area contributed by atoms with Crippen LogP contribution in [0.4, 0.5) is 13.2 Å². The molecule has 116 valence electrons. The molecule has 0 aromatic heterocycles. The van der Waals surface area contributed by atoms with Crippen LogP contribution in [-0.4, -0.2) is 16.2 Å². The van der Waals surface area contributed by atoms with Crippen LogP contribution in [0.15, 0.2) is 48.5 Å². The maximum atomic E-state index is 12.5. The Morgan fingerprint density at radius 2 is 1.23 bits per heavy atom. The van der Waals surface area contributed by atoms with Crippen molar-refractivity contribution in [3.8, 4) is 11.1 Å². The van der Waals surface area contributed by atoms with Gasteiger partial charge in [-0.3, -0.25) is 0 Å². The molecular formula is C16H13F3O3. The number of alkyl halides is 3. The fourth-order valence-electron chi connectivity index (χ4n) is 1.96. The van der Waals surface area contributed by atoms with Gasteiger partial charge in [-0.05, 0) is 35.7 Å². The van der Waals surface area contributed by atoms with Crippen LogP contribution in [0.5, 0.6) is 0 Å². The van der Waals surface area contributed by atoms with Crippen LogP contribution in [0.25, 0.3) is 11.1 Å². The molecule has 0 spiro atoms. The van der Waals surface area contributed by atoms with E-state index in [0.29, 0.717) is 11.1 Å². The van der Waals surface area contributed by atoms with Crippen molar-refractivity contribution in [3.05, 3.63) is 59.7 Å². The van der Waals surface area contributed by atoms with Crippen molar-refractivity contribution in [2.75, 3.05) is 0 Å². The van der Waals surface area contributed by atoms with Gasteiger partial charge in [0.2, 0.25) is 0 Å². The van der Waals surface area contributed by atoms with Gasteiger partial charge in [-0.1, -0.05) is 36.4 Å². The van der Waals surface area contributed by atoms with Crippen molar-refractivity contribution < 1.29 is 28.2 Å². The molecule has 0 saturated carbocycles. The first-order chi connectivity index (χ1) is 10.1. The summed E-state index contributed by atoms with van der Waals surface area (Å²) in [6.07, 6.45) is -4.39. The molecule has 3 nitrogen and oxygen atoms in total. The van der Waals surface area contributed by atoms with Gasteiger partial charge in [0.05, 0.1) is 5.56 Å². The van der Waals surface area contributed by atoms with E-state index in [1.165, 1.54) is 24.3 Å². The Hall–Kier alpha value is -2.34. The molecule has 0 heterocycles. The third-order valence-electron chi connectivity index (χ3n) is 3.41. The number of rotatable bonds is 3. The van der Waals surface area contributed by atoms with Crippen LogP contribution in [0.3, 0.4) is 0 Å². The number of aliphatic carboxylic acids is 1. The second kappa shape index (κ2) is 5.46. The number of hydrogen-bond donors (Lipinski definition) is 2. The van der Waals surface area contributed by atoms with Gasteiger partial charge in [-0.25, -0.2) is 4.79 Å². The maximum Gasteiger partial charge on any atom is 0.416 e. The first-order valence-corrected chi connectivity index (χ1v) is 6.36. The molecule has 2 aromatic rings. The Morgan fingerprint density at radius 1 is 0.864 bits per heavy atom. The molecule has 6 heteroatoms. The van der Waals surface area contributed by atoms with Gasteiger partial charge < -0.3 is 10.2 Å². The van der Waals surface area contributed by atoms with Crippen LogP contribution >= 0.6 is 0 Å². The first-order valence-electron chi connectivity index (χ1n) is 6.36. The highest BCUT2D eigenvalue weighted by atomic mass is 19.4. The van der Waals surface area contributed by atoms with Crippen LogP contribution in [-0.2, 0) is 16.6 Å². The number of halogens is 3. The quantitative estimate of drug-likeness (QED) is 0.909. The van der Waals surface area contributed by atoms with Crippen molar-refractivity contribution in [3.63, 3.8) is 0 Å². The first kappa shape index (κ1) is 16.0. The summed E-state index contributed by atoms with van der Waals surface area (Å²) in [6.45, 7) is 1.16. The van der Waals surface area contributed by atoms with E-state index in [0.717, 1.165) is 19.1 Å². The lowest BCUT2D eigenvalue weighted by Crippen LogP contribution is -2.31. The Bertz CT molecular complexity index is 671. The van der Waals surface area contributed by atoms with Gasteiger partial charge in [0, 0.05) is 0 Å². The predicted octanol–water partition coefficient (Wildman–Crippen LogP) is 3.66. The van der Waals surface area contributed by atoms with Gasteiger partial charge >= 0.3 is 12.1 Å². The van der Waals surface area contributed by atoms with Crippen LogP contribution in [0.2, 0.25) is 0 Å². The number of hydrogen-bond acceptors (Lipinski definition) is 2. The van der Waals surface area contributed by atoms with Crippen molar-refractivity contribution in [1.29, 1.82) is 0 Å². The maximum absolute atomic E-state index is 12.5. The summed E-state index contributed by atoms with van der Waals surface area (Å²) in [4.78, 5) is 11.0. The Balaban J connectivity index is 2.30. The SMILES string of the molecule is CC(O)(C(=O)O)c1ccc(-c2ccc(C(F)(F)F)cc2)cc1. The highest BCUT2D eigenvalue weighted by Crippen LogP contribution is 2.31. The standard InChI is InChI=1S/C16H13F3O3/c1-15(22,14(20)21)12-6-2-10(3-7-12)11-4-8-13(9-5-11)16(17,18)19/h2-9,22H,1H3,(H,20,21). The fourth-order valence-corrected chi connectivity index (χ4v) is 1.96. The topological polar surface area (TPSA) is 57.5 Å². The third kappa shape index (κ3) is 3.12. The normalized spacial score (nSPS) is 14.4. The summed E-state index contributed by atoms with van der Waals surface area (Å²) < 4.78 is 37.5. The highest BCUT2D eigenvalue weighted by Gasteiger charge is 2.32. The van der Waals surface area contributed by atoms with Gasteiger partial charge in [0.25, 0.3) is 0 Å². The Morgan fingerprint density at radius 3 is 1.55 bits per heavy atom. The minimum Gasteiger partial charge on any atom is -0.479 e. The number of aliphatic hydroxyl groups is 1. The van der Waals surface area contributed by atoms with Crippen molar-refractivity contribution >= 4 is 5.97 Å². The molecule has 2 aromatic carbocycles. The zero-order valence-electron chi connectivity index (χ0n) is 11.6. The molecule has 0 aliphatic carbocycles. The molecule has 0 aliphatic rings. The van der Waals surface area contributed by atoms with Gasteiger partial charge in [0.1, 0.15) is 0 Å². The molecule has 0 bridgehead atoms. The second-order valence-electron chi connectivity index (χ2n) is 5.03. The summed E-state index contributed by atoms with van der Waals surface area (Å²) in [6, 6.07) is 10.6. The average molecular weight is 310 g/mol. The van der Waals surface area contributed by atoms with E-state index in [9.17, 15) is 23.1 Å². The number of carboxylic acid groups (broad SMARTS) is 1. The molecule has 0 fully saturated rings. The summed E-state index contributed by atoms with van der Waals surface area (Å²) >= 11 is 0. The summed E-state index contributed by atoms with van der Waals surface area (Å²) in [7, 11) is 0. The Labute approximate surface area is 124 Å². The largest absolute Gasteiger partial charge is 0.479 e. The monoisotopic (exact) mass is 310 g/mol. The van der Waals surface area contributed by atoms with Crippen molar-refractivity contribution in [2.45, 2.75) is 18.7 Å². The molecule has 0 amide bonds. The van der Waals surface area contributed by atoms with E-state index in [4.69, 9.17) is 5.11 Å². The fraction of sp³-hybridized carbons (Fsp3) is 0.188. The van der Waals surface area contributed by atoms with Crippen LogP contribution in [0.1, 0.15) is 18.1 Å². The van der Waals surface area contributed by atoms with Gasteiger partial charge in [-0.15, -0.1) is 0 Å². The van der Waals surface area contributed by atoms with E-state index in [1.54, 1.807) is 12.1 Å². The number of benzene rings is 2. The molecule has 0 saturated heterocycles. The van der Waals surface area contributed by atoms with E-state index in [1.807, 2.05) is 0 Å². The lowest BCUT2D eigenvalue weighted by Gasteiger charge is -2.18. The zero-order valence-corrected chi connectivity index (χ0v) is 11.6. The minimum absolute atomic E-state index is 0.190. The molecular weight excluding hydrogens is 297 g/mol. The number of carboxylic acids is 1. The summed E-state index contributed by atoms with van der Waals surface area (Å²) in [5.41, 5.74) is -1.37. The lowest BCUT2D eigenvalue weighted by atomic mass is 9.94. The minimum atomic E-state index is -4.39. The molecule has 22 heavy (non-hydrogen) atoms. The second-order valence-corrected chi connectivity index (χ2v) is 5.03. The highest BCUT2D eigenvalue weighted by molar-refractivity contribution is 5.79. The summed E-state index contributed by atoms with van der Waals surface area (Å²) in [5.74, 6) is -1.38. The van der Waals surface area contributed by atoms with Crippen LogP contribution < -0.4 is 0 Å². The Kier molecular flexibility index (Phi) is 3.98. The molecule has 0 radical (unpaired) electrons. The molecule has 0 aliphatic heterocycles. The lowest BCUT2D eigenvalue weighted by molar-refractivity contribution is -0.157. The molecule has 2 N–H and O–H groups in total. The summed E-state index contributed by atoms with van der Waals surface area (Å²) in [5, 5.41) is 18.8. The van der Waals surface area contributed by atoms with E-state index in [-0.39, 0.29) is 5.56 Å². The molecule has 1 atom stereocenters. The van der Waals surface area contributed by atoms with Crippen LogP contribution in [0, 0.1) is 0 Å². The zero-order chi connectivity index (χ0) is 16.5. The van der Waals surface area contributed by atoms with E-state index >= 15 is 0 Å². The number of carbonyl (C=O) groups is 1.